The van der Waals surface area contributed by atoms with Crippen LogP contribution < -0.4 is 10.1 Å². The third-order valence-corrected chi connectivity index (χ3v) is 5.83. The van der Waals surface area contributed by atoms with Crippen molar-refractivity contribution in [2.45, 2.75) is 57.8 Å². The molecule has 0 aliphatic heterocycles. The molecule has 0 saturated heterocycles. The number of hydrogen-bond donors (Lipinski definition) is 1. The van der Waals surface area contributed by atoms with Crippen LogP contribution in [0.3, 0.4) is 0 Å². The van der Waals surface area contributed by atoms with E-state index in [2.05, 4.69) is 5.32 Å². The summed E-state index contributed by atoms with van der Waals surface area (Å²) in [7, 11) is 0. The van der Waals surface area contributed by atoms with Crippen LogP contribution in [0.5, 0.6) is 5.75 Å². The lowest BCUT2D eigenvalue weighted by molar-refractivity contribution is -0.384. The first-order valence-corrected chi connectivity index (χ1v) is 11.8. The zero-order chi connectivity index (χ0) is 26.6. The highest BCUT2D eigenvalue weighted by atomic mass is 16.7. The highest BCUT2D eigenvalue weighted by Gasteiger charge is 2.37. The van der Waals surface area contributed by atoms with Gasteiger partial charge in [-0.25, -0.2) is 14.3 Å². The van der Waals surface area contributed by atoms with Gasteiger partial charge in [-0.2, -0.15) is 5.10 Å². The molecule has 0 radical (unpaired) electrons. The minimum Gasteiger partial charge on any atom is -0.444 e. The maximum atomic E-state index is 12.4. The Kier molecular flexibility index (Phi) is 7.42. The average molecular weight is 509 g/mol. The molecule has 1 N–H and O–H groups in total. The van der Waals surface area contributed by atoms with Gasteiger partial charge in [0.25, 0.3) is 5.69 Å². The predicted molar refractivity (Wildman–Crippen MR) is 133 cm³/mol. The summed E-state index contributed by atoms with van der Waals surface area (Å²) in [5.41, 5.74) is 1.16. The fourth-order valence-electron chi connectivity index (χ4n) is 3.86. The molecule has 1 aromatic heterocycles. The van der Waals surface area contributed by atoms with E-state index in [1.165, 1.54) is 24.3 Å². The van der Waals surface area contributed by atoms with Crippen LogP contribution in [0.1, 0.15) is 50.8 Å². The van der Waals surface area contributed by atoms with E-state index in [1.807, 2.05) is 57.2 Å². The summed E-state index contributed by atoms with van der Waals surface area (Å²) in [6, 6.07) is 16.4. The number of amides is 1. The van der Waals surface area contributed by atoms with E-state index in [1.54, 1.807) is 4.68 Å². The molecule has 4 rings (SSSR count). The fourth-order valence-corrected chi connectivity index (χ4v) is 3.86. The van der Waals surface area contributed by atoms with E-state index in [0.717, 1.165) is 11.3 Å². The molecular formula is C26H28N4O7. The van der Waals surface area contributed by atoms with Gasteiger partial charge in [-0.05, 0) is 51.3 Å². The molecule has 194 valence electrons. The van der Waals surface area contributed by atoms with Crippen LogP contribution in [0.15, 0.2) is 60.7 Å². The number of carbonyl (C=O) groups excluding carboxylic acids is 2. The second kappa shape index (κ2) is 10.7. The van der Waals surface area contributed by atoms with E-state index >= 15 is 0 Å². The van der Waals surface area contributed by atoms with E-state index in [9.17, 15) is 19.7 Å². The summed E-state index contributed by atoms with van der Waals surface area (Å²) in [4.78, 5) is 34.7. The van der Waals surface area contributed by atoms with Crippen molar-refractivity contribution in [3.63, 3.8) is 0 Å². The summed E-state index contributed by atoms with van der Waals surface area (Å²) in [6.07, 6.45) is -0.698. The van der Waals surface area contributed by atoms with Crippen molar-refractivity contribution in [1.29, 1.82) is 0 Å². The molecule has 1 aliphatic rings. The van der Waals surface area contributed by atoms with Crippen molar-refractivity contribution in [3.8, 4) is 5.75 Å². The number of rotatable bonds is 7. The van der Waals surface area contributed by atoms with Crippen LogP contribution in [0.25, 0.3) is 0 Å². The van der Waals surface area contributed by atoms with Crippen LogP contribution in [0.4, 0.5) is 21.1 Å². The zero-order valence-corrected chi connectivity index (χ0v) is 20.7. The van der Waals surface area contributed by atoms with Crippen LogP contribution in [-0.2, 0) is 21.6 Å². The van der Waals surface area contributed by atoms with Crippen molar-refractivity contribution >= 4 is 23.8 Å². The first-order chi connectivity index (χ1) is 17.6. The molecule has 1 saturated carbocycles. The topological polar surface area (TPSA) is 135 Å². The SMILES string of the molecule is CC(C)(C)n1nc(C2CC(OC(=O)Oc3ccc([N+](=O)[O-])cc3)C2)cc1NC(=O)OCc1ccccc1. The lowest BCUT2D eigenvalue weighted by Crippen LogP contribution is -2.33. The van der Waals surface area contributed by atoms with Gasteiger partial charge in [0.15, 0.2) is 0 Å². The Balaban J connectivity index is 1.31. The lowest BCUT2D eigenvalue weighted by atomic mass is 9.80. The van der Waals surface area contributed by atoms with Gasteiger partial charge < -0.3 is 14.2 Å². The summed E-state index contributed by atoms with van der Waals surface area (Å²) in [5, 5.41) is 18.2. The van der Waals surface area contributed by atoms with Gasteiger partial charge in [0.05, 0.1) is 16.2 Å². The minimum atomic E-state index is -0.874. The number of aromatic nitrogens is 2. The Morgan fingerprint density at radius 1 is 1.11 bits per heavy atom. The number of nitrogens with one attached hydrogen (secondary N) is 1. The van der Waals surface area contributed by atoms with Crippen molar-refractivity contribution in [1.82, 2.24) is 9.78 Å². The second-order valence-electron chi connectivity index (χ2n) is 9.74. The molecule has 1 aliphatic carbocycles. The summed E-state index contributed by atoms with van der Waals surface area (Å²) < 4.78 is 17.5. The zero-order valence-electron chi connectivity index (χ0n) is 20.7. The van der Waals surface area contributed by atoms with Gasteiger partial charge in [-0.1, -0.05) is 30.3 Å². The highest BCUT2D eigenvalue weighted by molar-refractivity contribution is 5.83. The van der Waals surface area contributed by atoms with Crippen molar-refractivity contribution in [3.05, 3.63) is 82.0 Å². The molecule has 2 aromatic carbocycles. The third-order valence-electron chi connectivity index (χ3n) is 5.83. The van der Waals surface area contributed by atoms with E-state index in [-0.39, 0.29) is 30.1 Å². The Bertz CT molecular complexity index is 1260. The molecular weight excluding hydrogens is 480 g/mol. The van der Waals surface area contributed by atoms with Crippen LogP contribution in [-0.4, -0.2) is 33.1 Å². The molecule has 11 heteroatoms. The van der Waals surface area contributed by atoms with Gasteiger partial charge in [-0.3, -0.25) is 15.4 Å². The van der Waals surface area contributed by atoms with Crippen LogP contribution in [0.2, 0.25) is 0 Å². The number of nitrogens with zero attached hydrogens (tertiary/aromatic N) is 3. The molecule has 0 spiro atoms. The van der Waals surface area contributed by atoms with Crippen molar-refractivity contribution in [2.24, 2.45) is 0 Å². The van der Waals surface area contributed by atoms with Crippen LogP contribution >= 0.6 is 0 Å². The molecule has 0 unspecified atom stereocenters. The Hall–Kier alpha value is -4.41. The first kappa shape index (κ1) is 25.7. The molecule has 3 aromatic rings. The quantitative estimate of drug-likeness (QED) is 0.184. The number of nitro benzene ring substituents is 1. The van der Waals surface area contributed by atoms with E-state index in [4.69, 9.17) is 19.3 Å². The average Bonchev–Trinajstić information content (AvgIpc) is 3.24. The smallest absolute Gasteiger partial charge is 0.444 e. The van der Waals surface area contributed by atoms with Crippen molar-refractivity contribution < 1.29 is 28.7 Å². The summed E-state index contributed by atoms with van der Waals surface area (Å²) in [6.45, 7) is 6.09. The predicted octanol–water partition coefficient (Wildman–Crippen LogP) is 5.76. The van der Waals surface area contributed by atoms with Gasteiger partial charge >= 0.3 is 12.2 Å². The Morgan fingerprint density at radius 3 is 2.41 bits per heavy atom. The summed E-state index contributed by atoms with van der Waals surface area (Å²) in [5.74, 6) is 0.717. The van der Waals surface area contributed by atoms with Gasteiger partial charge in [0.2, 0.25) is 0 Å². The summed E-state index contributed by atoms with van der Waals surface area (Å²) >= 11 is 0. The van der Waals surface area contributed by atoms with Gasteiger partial charge in [0.1, 0.15) is 24.3 Å². The molecule has 11 nitrogen and oxygen atoms in total. The third kappa shape index (κ3) is 6.63. The largest absolute Gasteiger partial charge is 0.514 e. The Labute approximate surface area is 213 Å². The number of nitro groups is 1. The number of carbonyl (C=O) groups is 2. The monoisotopic (exact) mass is 508 g/mol. The first-order valence-electron chi connectivity index (χ1n) is 11.8. The van der Waals surface area contributed by atoms with E-state index < -0.39 is 22.7 Å². The number of ether oxygens (including phenoxy) is 3. The molecule has 0 atom stereocenters. The number of anilines is 1. The fraction of sp³-hybridized carbons (Fsp3) is 0.346. The van der Waals surface area contributed by atoms with Gasteiger partial charge in [-0.15, -0.1) is 0 Å². The lowest BCUT2D eigenvalue weighted by Gasteiger charge is -2.33. The number of hydrogen-bond acceptors (Lipinski definition) is 8. The highest BCUT2D eigenvalue weighted by Crippen LogP contribution is 2.40. The van der Waals surface area contributed by atoms with E-state index in [0.29, 0.717) is 18.7 Å². The van der Waals surface area contributed by atoms with Crippen molar-refractivity contribution in [2.75, 3.05) is 5.32 Å². The minimum absolute atomic E-state index is 0.0432. The number of non-ortho nitro benzene ring substituents is 1. The van der Waals surface area contributed by atoms with Crippen LogP contribution in [0, 0.1) is 10.1 Å². The molecule has 37 heavy (non-hydrogen) atoms. The maximum absolute atomic E-state index is 12.4. The number of benzene rings is 2. The molecule has 0 bridgehead atoms. The Morgan fingerprint density at radius 2 is 1.78 bits per heavy atom. The molecule has 1 fully saturated rings. The standard InChI is InChI=1S/C26H28N4O7/c1-26(2,3)29-23(27-24(31)35-16-17-7-5-4-6-8-17)15-22(28-29)18-13-21(14-18)37-25(32)36-20-11-9-19(10-12-20)30(33)34/h4-12,15,18,21H,13-14,16H2,1-3H3,(H,27,31). The molecule has 1 heterocycles. The van der Waals surface area contributed by atoms with Gasteiger partial charge in [0, 0.05) is 24.1 Å². The second-order valence-corrected chi connectivity index (χ2v) is 9.74. The normalized spacial score (nSPS) is 16.8. The molecule has 1 amide bonds. The maximum Gasteiger partial charge on any atom is 0.514 e.